The molecule has 1 unspecified atom stereocenters. The third-order valence-electron chi connectivity index (χ3n) is 2.40. The largest absolute Gasteiger partial charge is 0.469 e. The molecule has 86 valence electrons. The second-order valence-corrected chi connectivity index (χ2v) is 3.73. The maximum atomic E-state index is 5.27. The fraction of sp³-hybridized carbons (Fsp3) is 0.500. The van der Waals surface area contributed by atoms with Crippen LogP contribution in [0.5, 0.6) is 0 Å². The number of nitrogens with one attached hydrogen (secondary N) is 2. The average Bonchev–Trinajstić information content (AvgIpc) is 2.96. The molecule has 6 nitrogen and oxygen atoms in total. The summed E-state index contributed by atoms with van der Waals surface area (Å²) in [5, 5.41) is 17.0. The minimum absolute atomic E-state index is 0.392. The van der Waals surface area contributed by atoms with Gasteiger partial charge in [0.1, 0.15) is 5.76 Å². The van der Waals surface area contributed by atoms with E-state index in [2.05, 4.69) is 32.9 Å². The summed E-state index contributed by atoms with van der Waals surface area (Å²) in [5.74, 6) is 1.71. The number of aromatic amines is 1. The first kappa shape index (κ1) is 10.8. The van der Waals surface area contributed by atoms with Crippen molar-refractivity contribution < 1.29 is 4.42 Å². The van der Waals surface area contributed by atoms with Crippen LogP contribution in [-0.2, 0) is 13.0 Å². The molecule has 0 radical (unpaired) electrons. The van der Waals surface area contributed by atoms with Crippen LogP contribution >= 0.6 is 0 Å². The monoisotopic (exact) mass is 221 g/mol. The maximum absolute atomic E-state index is 5.27. The molecule has 16 heavy (non-hydrogen) atoms. The minimum atomic E-state index is 0.392. The maximum Gasteiger partial charge on any atom is 0.188 e. The van der Waals surface area contributed by atoms with Gasteiger partial charge in [-0.2, -0.15) is 5.21 Å². The zero-order valence-electron chi connectivity index (χ0n) is 9.18. The van der Waals surface area contributed by atoms with Crippen molar-refractivity contribution in [3.05, 3.63) is 30.0 Å². The van der Waals surface area contributed by atoms with Gasteiger partial charge in [0.25, 0.3) is 0 Å². The highest BCUT2D eigenvalue weighted by Crippen LogP contribution is 2.05. The predicted molar refractivity (Wildman–Crippen MR) is 57.5 cm³/mol. The summed E-state index contributed by atoms with van der Waals surface area (Å²) in [6.07, 6.45) is 3.66. The lowest BCUT2D eigenvalue weighted by molar-refractivity contribution is 0.456. The van der Waals surface area contributed by atoms with Gasteiger partial charge in [0.05, 0.1) is 12.8 Å². The van der Waals surface area contributed by atoms with E-state index in [1.165, 1.54) is 0 Å². The molecule has 2 aromatic rings. The molecule has 0 spiro atoms. The number of H-pyrrole nitrogens is 1. The van der Waals surface area contributed by atoms with Crippen molar-refractivity contribution in [3.8, 4) is 0 Å². The Morgan fingerprint density at radius 1 is 1.56 bits per heavy atom. The lowest BCUT2D eigenvalue weighted by Gasteiger charge is -2.10. The predicted octanol–water partition coefficient (Wildman–Crippen LogP) is 0.904. The Labute approximate surface area is 93.4 Å². The van der Waals surface area contributed by atoms with Crippen molar-refractivity contribution in [2.75, 3.05) is 0 Å². The quantitative estimate of drug-likeness (QED) is 0.757. The molecule has 0 aromatic carbocycles. The first-order valence-electron chi connectivity index (χ1n) is 5.32. The van der Waals surface area contributed by atoms with E-state index in [-0.39, 0.29) is 0 Å². The third kappa shape index (κ3) is 3.16. The van der Waals surface area contributed by atoms with Gasteiger partial charge in [0, 0.05) is 12.5 Å². The zero-order valence-corrected chi connectivity index (χ0v) is 9.18. The van der Waals surface area contributed by atoms with Crippen LogP contribution in [0, 0.1) is 0 Å². The fourth-order valence-electron chi connectivity index (χ4n) is 1.44. The molecule has 0 saturated heterocycles. The van der Waals surface area contributed by atoms with Gasteiger partial charge in [0.2, 0.25) is 0 Å². The van der Waals surface area contributed by atoms with E-state index in [9.17, 15) is 0 Å². The highest BCUT2D eigenvalue weighted by molar-refractivity contribution is 4.98. The molecule has 0 saturated carbocycles. The SMILES string of the molecule is CC(CCc1ccco1)NCc1nn[nH]n1. The van der Waals surface area contributed by atoms with E-state index in [4.69, 9.17) is 4.42 Å². The molecule has 2 N–H and O–H groups in total. The van der Waals surface area contributed by atoms with Gasteiger partial charge in [-0.1, -0.05) is 5.21 Å². The van der Waals surface area contributed by atoms with E-state index in [0.717, 1.165) is 18.6 Å². The van der Waals surface area contributed by atoms with E-state index in [1.807, 2.05) is 12.1 Å². The summed E-state index contributed by atoms with van der Waals surface area (Å²) in [7, 11) is 0. The smallest absolute Gasteiger partial charge is 0.188 e. The molecule has 0 amide bonds. The van der Waals surface area contributed by atoms with Gasteiger partial charge in [-0.05, 0) is 25.5 Å². The number of furan rings is 1. The lowest BCUT2D eigenvalue weighted by atomic mass is 10.1. The molecule has 2 rings (SSSR count). The van der Waals surface area contributed by atoms with Gasteiger partial charge < -0.3 is 9.73 Å². The van der Waals surface area contributed by atoms with Crippen LogP contribution in [0.1, 0.15) is 24.9 Å². The Morgan fingerprint density at radius 3 is 3.19 bits per heavy atom. The van der Waals surface area contributed by atoms with Crippen molar-refractivity contribution in [1.82, 2.24) is 25.9 Å². The Morgan fingerprint density at radius 2 is 2.50 bits per heavy atom. The molecule has 0 fully saturated rings. The van der Waals surface area contributed by atoms with Crippen LogP contribution in [-0.4, -0.2) is 26.7 Å². The Bertz CT molecular complexity index is 345. The van der Waals surface area contributed by atoms with Gasteiger partial charge in [-0.25, -0.2) is 0 Å². The first-order valence-corrected chi connectivity index (χ1v) is 5.32. The first-order chi connectivity index (χ1) is 7.84. The zero-order chi connectivity index (χ0) is 11.2. The molecule has 0 aliphatic heterocycles. The molecular formula is C10H15N5O. The van der Waals surface area contributed by atoms with Gasteiger partial charge >= 0.3 is 0 Å². The van der Waals surface area contributed by atoms with Crippen molar-refractivity contribution >= 4 is 0 Å². The second-order valence-electron chi connectivity index (χ2n) is 3.73. The highest BCUT2D eigenvalue weighted by Gasteiger charge is 2.05. The molecule has 1 atom stereocenters. The van der Waals surface area contributed by atoms with Crippen molar-refractivity contribution in [2.24, 2.45) is 0 Å². The highest BCUT2D eigenvalue weighted by atomic mass is 16.3. The standard InChI is InChI=1S/C10H15N5O/c1-8(4-5-9-3-2-6-16-9)11-7-10-12-14-15-13-10/h2-3,6,8,11H,4-5,7H2,1H3,(H,12,13,14,15). The number of tetrazole rings is 1. The summed E-state index contributed by atoms with van der Waals surface area (Å²) in [6, 6.07) is 4.29. The Balaban J connectivity index is 1.66. The molecule has 2 aromatic heterocycles. The molecular weight excluding hydrogens is 206 g/mol. The molecule has 0 aliphatic rings. The van der Waals surface area contributed by atoms with Crippen LogP contribution in [0.3, 0.4) is 0 Å². The molecule has 6 heteroatoms. The molecule has 0 aliphatic carbocycles. The number of aromatic nitrogens is 4. The van der Waals surface area contributed by atoms with E-state index in [0.29, 0.717) is 18.4 Å². The lowest BCUT2D eigenvalue weighted by Crippen LogP contribution is -2.26. The van der Waals surface area contributed by atoms with Crippen molar-refractivity contribution in [3.63, 3.8) is 0 Å². The Hall–Kier alpha value is -1.69. The summed E-state index contributed by atoms with van der Waals surface area (Å²) in [6.45, 7) is 2.76. The van der Waals surface area contributed by atoms with Gasteiger partial charge in [0.15, 0.2) is 5.82 Å². The van der Waals surface area contributed by atoms with Gasteiger partial charge in [-0.15, -0.1) is 10.2 Å². The number of nitrogens with zero attached hydrogens (tertiary/aromatic N) is 3. The van der Waals surface area contributed by atoms with Crippen LogP contribution in [0.4, 0.5) is 0 Å². The minimum Gasteiger partial charge on any atom is -0.469 e. The number of aryl methyl sites for hydroxylation is 1. The molecule has 2 heterocycles. The fourth-order valence-corrected chi connectivity index (χ4v) is 1.44. The van der Waals surface area contributed by atoms with Crippen molar-refractivity contribution in [2.45, 2.75) is 32.4 Å². The van der Waals surface area contributed by atoms with Crippen LogP contribution in [0.15, 0.2) is 22.8 Å². The summed E-state index contributed by atoms with van der Waals surface area (Å²) in [4.78, 5) is 0. The van der Waals surface area contributed by atoms with E-state index >= 15 is 0 Å². The third-order valence-corrected chi connectivity index (χ3v) is 2.40. The summed E-state index contributed by atoms with van der Waals surface area (Å²) in [5.41, 5.74) is 0. The summed E-state index contributed by atoms with van der Waals surface area (Å²) >= 11 is 0. The molecule has 0 bridgehead atoms. The van der Waals surface area contributed by atoms with Crippen LogP contribution < -0.4 is 5.32 Å². The number of hydrogen-bond donors (Lipinski definition) is 2. The Kier molecular flexibility index (Phi) is 3.66. The van der Waals surface area contributed by atoms with Crippen LogP contribution in [0.2, 0.25) is 0 Å². The average molecular weight is 221 g/mol. The normalized spacial score (nSPS) is 12.8. The van der Waals surface area contributed by atoms with E-state index in [1.54, 1.807) is 6.26 Å². The topological polar surface area (TPSA) is 79.6 Å². The second kappa shape index (κ2) is 5.41. The van der Waals surface area contributed by atoms with Gasteiger partial charge in [-0.3, -0.25) is 0 Å². The van der Waals surface area contributed by atoms with Crippen molar-refractivity contribution in [1.29, 1.82) is 0 Å². The summed E-state index contributed by atoms with van der Waals surface area (Å²) < 4.78 is 5.27. The van der Waals surface area contributed by atoms with E-state index < -0.39 is 0 Å². The van der Waals surface area contributed by atoms with Crippen LogP contribution in [0.25, 0.3) is 0 Å². The number of hydrogen-bond acceptors (Lipinski definition) is 5. The number of rotatable bonds is 6.